The van der Waals surface area contributed by atoms with Crippen molar-refractivity contribution in [2.45, 2.75) is 26.3 Å². The van der Waals surface area contributed by atoms with E-state index in [0.29, 0.717) is 17.8 Å². The molecule has 0 radical (unpaired) electrons. The van der Waals surface area contributed by atoms with Crippen LogP contribution in [-0.4, -0.2) is 35.6 Å². The van der Waals surface area contributed by atoms with Crippen molar-refractivity contribution in [2.75, 3.05) is 25.0 Å². The largest absolute Gasteiger partial charge is 0.396 e. The predicted octanol–water partition coefficient (Wildman–Crippen LogP) is 2.92. The number of hydrogen-bond acceptors (Lipinski definition) is 4. The van der Waals surface area contributed by atoms with Crippen LogP contribution in [0.15, 0.2) is 36.4 Å². The number of aliphatic hydroxyl groups is 1. The molecule has 1 aliphatic heterocycles. The number of aliphatic hydroxyl groups excluding tert-OH is 1. The highest BCUT2D eigenvalue weighted by molar-refractivity contribution is 5.94. The standard InChI is InChI=1S/C21H23N3O2/c1-2-24-10-8-17-18(15-6-4-3-5-7-15)12-16(13-22)21(19(17)14-24)23-20(26)9-11-25/h3-7,12,25H,2,8-11,14H2,1H3,(H,23,26). The van der Waals surface area contributed by atoms with E-state index in [1.54, 1.807) is 0 Å². The van der Waals surface area contributed by atoms with Crippen LogP contribution in [0.3, 0.4) is 0 Å². The molecule has 0 aliphatic carbocycles. The molecule has 2 aromatic rings. The Morgan fingerprint density at radius 3 is 2.73 bits per heavy atom. The van der Waals surface area contributed by atoms with Crippen molar-refractivity contribution in [1.82, 2.24) is 4.90 Å². The molecule has 2 aromatic carbocycles. The van der Waals surface area contributed by atoms with Crippen molar-refractivity contribution in [2.24, 2.45) is 0 Å². The van der Waals surface area contributed by atoms with E-state index in [2.05, 4.69) is 23.2 Å². The third-order valence-corrected chi connectivity index (χ3v) is 4.86. The summed E-state index contributed by atoms with van der Waals surface area (Å²) >= 11 is 0. The van der Waals surface area contributed by atoms with Gasteiger partial charge in [0.2, 0.25) is 5.91 Å². The molecular formula is C21H23N3O2. The van der Waals surface area contributed by atoms with Gasteiger partial charge in [0.1, 0.15) is 6.07 Å². The van der Waals surface area contributed by atoms with Crippen LogP contribution in [0.1, 0.15) is 30.0 Å². The summed E-state index contributed by atoms with van der Waals surface area (Å²) in [6.45, 7) is 4.48. The Kier molecular flexibility index (Phi) is 5.67. The molecule has 1 aliphatic rings. The van der Waals surface area contributed by atoms with E-state index in [4.69, 9.17) is 5.11 Å². The highest BCUT2D eigenvalue weighted by atomic mass is 16.3. The summed E-state index contributed by atoms with van der Waals surface area (Å²) in [7, 11) is 0. The molecule has 3 rings (SSSR count). The van der Waals surface area contributed by atoms with Gasteiger partial charge in [-0.2, -0.15) is 5.26 Å². The van der Waals surface area contributed by atoms with Crippen molar-refractivity contribution >= 4 is 11.6 Å². The van der Waals surface area contributed by atoms with Gasteiger partial charge in [0, 0.05) is 13.1 Å². The third-order valence-electron chi connectivity index (χ3n) is 4.86. The van der Waals surface area contributed by atoms with Gasteiger partial charge >= 0.3 is 0 Å². The first-order chi connectivity index (χ1) is 12.7. The van der Waals surface area contributed by atoms with Gasteiger partial charge in [-0.25, -0.2) is 0 Å². The second-order valence-electron chi connectivity index (χ2n) is 6.42. The van der Waals surface area contributed by atoms with Gasteiger partial charge in [-0.3, -0.25) is 9.69 Å². The lowest BCUT2D eigenvalue weighted by Crippen LogP contribution is -2.32. The first kappa shape index (κ1) is 18.1. The number of rotatable bonds is 5. The first-order valence-electron chi connectivity index (χ1n) is 8.95. The Bertz CT molecular complexity index is 841. The number of amides is 1. The predicted molar refractivity (Wildman–Crippen MR) is 102 cm³/mol. The summed E-state index contributed by atoms with van der Waals surface area (Å²) in [5.74, 6) is -0.271. The normalized spacial score (nSPS) is 13.7. The summed E-state index contributed by atoms with van der Waals surface area (Å²) in [6.07, 6.45) is 0.902. The number of fused-ring (bicyclic) bond motifs is 1. The minimum atomic E-state index is -0.271. The number of nitriles is 1. The number of likely N-dealkylation sites (N-methyl/N-ethyl adjacent to an activating group) is 1. The molecule has 5 heteroatoms. The van der Waals surface area contributed by atoms with Crippen LogP contribution in [0.4, 0.5) is 5.69 Å². The van der Waals surface area contributed by atoms with E-state index in [9.17, 15) is 10.1 Å². The molecular weight excluding hydrogens is 326 g/mol. The molecule has 5 nitrogen and oxygen atoms in total. The van der Waals surface area contributed by atoms with Crippen LogP contribution in [0.2, 0.25) is 0 Å². The second kappa shape index (κ2) is 8.13. The summed E-state index contributed by atoms with van der Waals surface area (Å²) in [5.41, 5.74) is 5.42. The maximum atomic E-state index is 12.1. The zero-order valence-corrected chi connectivity index (χ0v) is 15.0. The lowest BCUT2D eigenvalue weighted by atomic mass is 9.87. The summed E-state index contributed by atoms with van der Waals surface area (Å²) in [6, 6.07) is 14.2. The maximum Gasteiger partial charge on any atom is 0.226 e. The fraction of sp³-hybridized carbons (Fsp3) is 0.333. The first-order valence-corrected chi connectivity index (χ1v) is 8.95. The Balaban J connectivity index is 2.16. The van der Waals surface area contributed by atoms with Crippen molar-refractivity contribution in [3.05, 3.63) is 53.1 Å². The minimum Gasteiger partial charge on any atom is -0.396 e. The topological polar surface area (TPSA) is 76.4 Å². The quantitative estimate of drug-likeness (QED) is 0.870. The molecule has 0 fully saturated rings. The molecule has 0 unspecified atom stereocenters. The maximum absolute atomic E-state index is 12.1. The lowest BCUT2D eigenvalue weighted by molar-refractivity contribution is -0.116. The molecule has 0 atom stereocenters. The van der Waals surface area contributed by atoms with Gasteiger partial charge in [-0.15, -0.1) is 0 Å². The van der Waals surface area contributed by atoms with Crippen molar-refractivity contribution in [1.29, 1.82) is 5.26 Å². The second-order valence-corrected chi connectivity index (χ2v) is 6.42. The molecule has 1 heterocycles. The summed E-state index contributed by atoms with van der Waals surface area (Å²) in [4.78, 5) is 14.4. The van der Waals surface area contributed by atoms with Crippen LogP contribution in [0.5, 0.6) is 0 Å². The highest BCUT2D eigenvalue weighted by Crippen LogP contribution is 2.37. The van der Waals surface area contributed by atoms with E-state index in [1.165, 1.54) is 5.56 Å². The van der Waals surface area contributed by atoms with Crippen molar-refractivity contribution in [3.8, 4) is 17.2 Å². The number of carbonyl (C=O) groups excluding carboxylic acids is 1. The fourth-order valence-electron chi connectivity index (χ4n) is 3.49. The number of hydrogen-bond donors (Lipinski definition) is 2. The lowest BCUT2D eigenvalue weighted by Gasteiger charge is -2.31. The van der Waals surface area contributed by atoms with Gasteiger partial charge in [-0.1, -0.05) is 37.3 Å². The number of nitrogens with one attached hydrogen (secondary N) is 1. The van der Waals surface area contributed by atoms with E-state index in [1.807, 2.05) is 36.4 Å². The summed E-state index contributed by atoms with van der Waals surface area (Å²) in [5, 5.41) is 21.6. The Hall–Kier alpha value is -2.68. The fourth-order valence-corrected chi connectivity index (χ4v) is 3.49. The summed E-state index contributed by atoms with van der Waals surface area (Å²) < 4.78 is 0. The molecule has 134 valence electrons. The molecule has 1 amide bonds. The molecule has 0 spiro atoms. The average Bonchev–Trinajstić information content (AvgIpc) is 2.68. The Labute approximate surface area is 153 Å². The molecule has 26 heavy (non-hydrogen) atoms. The van der Waals surface area contributed by atoms with Gasteiger partial charge in [0.25, 0.3) is 0 Å². The molecule has 0 aromatic heterocycles. The number of carbonyl (C=O) groups is 1. The Morgan fingerprint density at radius 2 is 2.08 bits per heavy atom. The SMILES string of the molecule is CCN1CCc2c(-c3ccccc3)cc(C#N)c(NC(=O)CCO)c2C1. The molecule has 0 bridgehead atoms. The van der Waals surface area contributed by atoms with Crippen LogP contribution in [0.25, 0.3) is 11.1 Å². The molecule has 0 saturated heterocycles. The highest BCUT2D eigenvalue weighted by Gasteiger charge is 2.25. The van der Waals surface area contributed by atoms with E-state index in [-0.39, 0.29) is 18.9 Å². The minimum absolute atomic E-state index is 0.0254. The van der Waals surface area contributed by atoms with Crippen LogP contribution >= 0.6 is 0 Å². The van der Waals surface area contributed by atoms with Gasteiger partial charge < -0.3 is 10.4 Å². The van der Waals surface area contributed by atoms with E-state index < -0.39 is 0 Å². The molecule has 2 N–H and O–H groups in total. The van der Waals surface area contributed by atoms with Crippen LogP contribution < -0.4 is 5.32 Å². The average molecular weight is 349 g/mol. The van der Waals surface area contributed by atoms with Crippen LogP contribution in [-0.2, 0) is 17.8 Å². The molecule has 0 saturated carbocycles. The van der Waals surface area contributed by atoms with Gasteiger partial charge in [0.05, 0.1) is 24.3 Å². The number of benzene rings is 2. The number of anilines is 1. The number of nitrogens with zero attached hydrogens (tertiary/aromatic N) is 2. The van der Waals surface area contributed by atoms with Gasteiger partial charge in [-0.05, 0) is 41.3 Å². The zero-order valence-electron chi connectivity index (χ0n) is 15.0. The van der Waals surface area contributed by atoms with E-state index in [0.717, 1.165) is 36.2 Å². The third kappa shape index (κ3) is 3.62. The smallest absolute Gasteiger partial charge is 0.226 e. The van der Waals surface area contributed by atoms with E-state index >= 15 is 0 Å². The van der Waals surface area contributed by atoms with Crippen LogP contribution in [0, 0.1) is 11.3 Å². The zero-order chi connectivity index (χ0) is 18.5. The van der Waals surface area contributed by atoms with Crippen molar-refractivity contribution < 1.29 is 9.90 Å². The monoisotopic (exact) mass is 349 g/mol. The van der Waals surface area contributed by atoms with Crippen molar-refractivity contribution in [3.63, 3.8) is 0 Å². The Morgan fingerprint density at radius 1 is 1.31 bits per heavy atom. The van der Waals surface area contributed by atoms with Gasteiger partial charge in [0.15, 0.2) is 0 Å².